The van der Waals surface area contributed by atoms with E-state index in [1.165, 1.54) is 16.3 Å². The van der Waals surface area contributed by atoms with Gasteiger partial charge in [0.15, 0.2) is 0 Å². The third kappa shape index (κ3) is 5.71. The number of ether oxygens (including phenoxy) is 1. The Kier molecular flexibility index (Phi) is 7.32. The average Bonchev–Trinajstić information content (AvgIpc) is 2.73. The number of rotatable bonds is 6. The monoisotopic (exact) mass is 438 g/mol. The summed E-state index contributed by atoms with van der Waals surface area (Å²) < 4.78 is 30.6. The lowest BCUT2D eigenvalue weighted by molar-refractivity contribution is -0.137. The van der Waals surface area contributed by atoms with Crippen molar-refractivity contribution in [2.24, 2.45) is 0 Å². The molecule has 1 aromatic carbocycles. The lowest BCUT2D eigenvalue weighted by Gasteiger charge is -2.34. The molecule has 0 aliphatic carbocycles. The highest BCUT2D eigenvalue weighted by atomic mass is 32.2. The van der Waals surface area contributed by atoms with Crippen LogP contribution in [-0.4, -0.2) is 88.2 Å². The van der Waals surface area contributed by atoms with Crippen LogP contribution in [0.3, 0.4) is 0 Å². The minimum absolute atomic E-state index is 0.141. The van der Waals surface area contributed by atoms with Gasteiger partial charge < -0.3 is 19.9 Å². The number of sulfonamides is 1. The summed E-state index contributed by atoms with van der Waals surface area (Å²) in [6.45, 7) is 3.28. The number of hydrogen-bond donors (Lipinski definition) is 1. The summed E-state index contributed by atoms with van der Waals surface area (Å²) in [5.41, 5.74) is 1.72. The Bertz CT molecular complexity index is 852. The molecule has 0 spiro atoms. The summed E-state index contributed by atoms with van der Waals surface area (Å²) in [5.74, 6) is -0.676. The molecule has 30 heavy (non-hydrogen) atoms. The molecular weight excluding hydrogens is 408 g/mol. The molecular formula is C20H30N4O5S. The molecule has 0 aromatic heterocycles. The Balaban J connectivity index is 1.55. The minimum atomic E-state index is -3.47. The number of nitrogens with zero attached hydrogens (tertiary/aromatic N) is 3. The predicted molar refractivity (Wildman–Crippen MR) is 115 cm³/mol. The van der Waals surface area contributed by atoms with Gasteiger partial charge in [0, 0.05) is 38.1 Å². The standard InChI is InChI=1S/C20H30N4O5S/c1-22(20(26)18-5-3-4-10-24(18)30(2,27)28)15-19(25)21-16-6-8-17(9-7-16)23-11-13-29-14-12-23/h6-9,18H,3-5,10-15H2,1-2H3,(H,21,25). The van der Waals surface area contributed by atoms with Gasteiger partial charge in [-0.1, -0.05) is 6.42 Å². The van der Waals surface area contributed by atoms with Crippen molar-refractivity contribution in [1.82, 2.24) is 9.21 Å². The molecule has 2 aliphatic heterocycles. The molecule has 10 heteroatoms. The van der Waals surface area contributed by atoms with Gasteiger partial charge in [-0.05, 0) is 37.1 Å². The van der Waals surface area contributed by atoms with Gasteiger partial charge in [0.1, 0.15) is 6.04 Å². The smallest absolute Gasteiger partial charge is 0.243 e. The summed E-state index contributed by atoms with van der Waals surface area (Å²) >= 11 is 0. The Morgan fingerprint density at radius 1 is 1.13 bits per heavy atom. The summed E-state index contributed by atoms with van der Waals surface area (Å²) in [4.78, 5) is 28.7. The molecule has 2 fully saturated rings. The van der Waals surface area contributed by atoms with Crippen LogP contribution in [0.25, 0.3) is 0 Å². The first-order valence-corrected chi connectivity index (χ1v) is 12.0. The fourth-order valence-electron chi connectivity index (χ4n) is 3.87. The van der Waals surface area contributed by atoms with Crippen LogP contribution >= 0.6 is 0 Å². The predicted octanol–water partition coefficient (Wildman–Crippen LogP) is 0.734. The van der Waals surface area contributed by atoms with Crippen molar-refractivity contribution in [3.8, 4) is 0 Å². The number of morpholine rings is 1. The van der Waals surface area contributed by atoms with Crippen LogP contribution in [0.5, 0.6) is 0 Å². The Hall–Kier alpha value is -2.17. The van der Waals surface area contributed by atoms with Gasteiger partial charge in [-0.15, -0.1) is 0 Å². The molecule has 1 N–H and O–H groups in total. The van der Waals surface area contributed by atoms with E-state index in [4.69, 9.17) is 4.74 Å². The molecule has 2 heterocycles. The minimum Gasteiger partial charge on any atom is -0.378 e. The highest BCUT2D eigenvalue weighted by molar-refractivity contribution is 7.88. The first-order valence-electron chi connectivity index (χ1n) is 10.2. The number of anilines is 2. The van der Waals surface area contributed by atoms with E-state index in [1.54, 1.807) is 0 Å². The van der Waals surface area contributed by atoms with E-state index in [0.717, 1.165) is 37.9 Å². The Labute approximate surface area is 178 Å². The number of carbonyl (C=O) groups is 2. The Morgan fingerprint density at radius 3 is 2.43 bits per heavy atom. The van der Waals surface area contributed by atoms with E-state index in [-0.39, 0.29) is 18.4 Å². The number of amides is 2. The molecule has 0 bridgehead atoms. The van der Waals surface area contributed by atoms with Crippen molar-refractivity contribution < 1.29 is 22.7 Å². The van der Waals surface area contributed by atoms with Crippen molar-refractivity contribution >= 4 is 33.2 Å². The molecule has 2 amide bonds. The van der Waals surface area contributed by atoms with Gasteiger partial charge in [-0.25, -0.2) is 8.42 Å². The van der Waals surface area contributed by atoms with Gasteiger partial charge in [0.2, 0.25) is 21.8 Å². The van der Waals surface area contributed by atoms with E-state index in [0.29, 0.717) is 31.9 Å². The summed E-state index contributed by atoms with van der Waals surface area (Å²) in [6.07, 6.45) is 3.12. The van der Waals surface area contributed by atoms with Crippen molar-refractivity contribution in [2.45, 2.75) is 25.3 Å². The van der Waals surface area contributed by atoms with Crippen LogP contribution in [-0.2, 0) is 24.3 Å². The lowest BCUT2D eigenvalue weighted by Crippen LogP contribution is -2.52. The highest BCUT2D eigenvalue weighted by Gasteiger charge is 2.36. The maximum Gasteiger partial charge on any atom is 0.243 e. The van der Waals surface area contributed by atoms with Crippen molar-refractivity contribution in [3.63, 3.8) is 0 Å². The molecule has 1 aromatic rings. The number of nitrogens with one attached hydrogen (secondary N) is 1. The first-order chi connectivity index (χ1) is 14.3. The number of likely N-dealkylation sites (N-methyl/N-ethyl adjacent to an activating group) is 1. The fraction of sp³-hybridized carbons (Fsp3) is 0.600. The third-order valence-electron chi connectivity index (χ3n) is 5.45. The zero-order valence-corrected chi connectivity index (χ0v) is 18.4. The molecule has 9 nitrogen and oxygen atoms in total. The van der Waals surface area contributed by atoms with Crippen LogP contribution in [0.15, 0.2) is 24.3 Å². The van der Waals surface area contributed by atoms with Crippen LogP contribution in [0.2, 0.25) is 0 Å². The summed E-state index contributed by atoms with van der Waals surface area (Å²) in [7, 11) is -1.94. The van der Waals surface area contributed by atoms with Gasteiger partial charge in [0.25, 0.3) is 0 Å². The third-order valence-corrected chi connectivity index (χ3v) is 6.74. The van der Waals surface area contributed by atoms with E-state index >= 15 is 0 Å². The normalized spacial score (nSPS) is 20.6. The Morgan fingerprint density at radius 2 is 1.80 bits per heavy atom. The second-order valence-electron chi connectivity index (χ2n) is 7.77. The van der Waals surface area contributed by atoms with Crippen molar-refractivity contribution in [1.29, 1.82) is 0 Å². The second kappa shape index (κ2) is 9.76. The van der Waals surface area contributed by atoms with Crippen molar-refractivity contribution in [3.05, 3.63) is 24.3 Å². The van der Waals surface area contributed by atoms with Gasteiger partial charge in [-0.3, -0.25) is 9.59 Å². The zero-order chi connectivity index (χ0) is 21.7. The molecule has 2 aliphatic rings. The van der Waals surface area contributed by atoms with Gasteiger partial charge in [0.05, 0.1) is 26.0 Å². The largest absolute Gasteiger partial charge is 0.378 e. The quantitative estimate of drug-likeness (QED) is 0.703. The van der Waals surface area contributed by atoms with Crippen LogP contribution in [0.4, 0.5) is 11.4 Å². The van der Waals surface area contributed by atoms with Crippen LogP contribution in [0.1, 0.15) is 19.3 Å². The van der Waals surface area contributed by atoms with Crippen LogP contribution < -0.4 is 10.2 Å². The summed E-state index contributed by atoms with van der Waals surface area (Å²) in [6, 6.07) is 6.82. The molecule has 1 unspecified atom stereocenters. The SMILES string of the molecule is CN(CC(=O)Nc1ccc(N2CCOCC2)cc1)C(=O)C1CCCCN1S(C)(=O)=O. The van der Waals surface area contributed by atoms with Gasteiger partial charge >= 0.3 is 0 Å². The van der Waals surface area contributed by atoms with E-state index in [1.807, 2.05) is 24.3 Å². The topological polar surface area (TPSA) is 99.3 Å². The summed E-state index contributed by atoms with van der Waals surface area (Å²) in [5, 5.41) is 2.79. The molecule has 166 valence electrons. The number of hydrogen-bond acceptors (Lipinski definition) is 6. The molecule has 3 rings (SSSR count). The lowest BCUT2D eigenvalue weighted by atomic mass is 10.0. The maximum atomic E-state index is 12.8. The average molecular weight is 439 g/mol. The number of carbonyl (C=O) groups excluding carboxylic acids is 2. The zero-order valence-electron chi connectivity index (χ0n) is 17.5. The molecule has 0 radical (unpaired) electrons. The van der Waals surface area contributed by atoms with Crippen molar-refractivity contribution in [2.75, 3.05) is 62.9 Å². The maximum absolute atomic E-state index is 12.8. The van der Waals surface area contributed by atoms with E-state index in [2.05, 4.69) is 10.2 Å². The van der Waals surface area contributed by atoms with E-state index < -0.39 is 16.1 Å². The highest BCUT2D eigenvalue weighted by Crippen LogP contribution is 2.22. The molecule has 1 atom stereocenters. The second-order valence-corrected chi connectivity index (χ2v) is 9.71. The first kappa shape index (κ1) is 22.5. The van der Waals surface area contributed by atoms with E-state index in [9.17, 15) is 18.0 Å². The fourth-order valence-corrected chi connectivity index (χ4v) is 4.99. The number of piperidine rings is 1. The van der Waals surface area contributed by atoms with Gasteiger partial charge in [-0.2, -0.15) is 4.31 Å². The van der Waals surface area contributed by atoms with Crippen LogP contribution in [0, 0.1) is 0 Å². The molecule has 2 saturated heterocycles. The number of benzene rings is 1. The molecule has 0 saturated carbocycles.